The third kappa shape index (κ3) is 5.00. The number of halogens is 1. The largest absolute Gasteiger partial charge is 0.384 e. The second kappa shape index (κ2) is 7.49. The van der Waals surface area contributed by atoms with Crippen LogP contribution in [0.1, 0.15) is 26.7 Å². The molecule has 1 saturated heterocycles. The number of hydrogen-bond acceptors (Lipinski definition) is 3. The van der Waals surface area contributed by atoms with Crippen LogP contribution in [0, 0.1) is 5.41 Å². The summed E-state index contributed by atoms with van der Waals surface area (Å²) in [6, 6.07) is 0.728. The summed E-state index contributed by atoms with van der Waals surface area (Å²) in [6.07, 6.45) is 2.68. The van der Waals surface area contributed by atoms with Gasteiger partial charge in [-0.2, -0.15) is 0 Å². The molecule has 1 heterocycles. The van der Waals surface area contributed by atoms with Crippen LogP contribution in [0.4, 0.5) is 0 Å². The second-order valence-corrected chi connectivity index (χ2v) is 5.42. The van der Waals surface area contributed by atoms with E-state index >= 15 is 0 Å². The molecule has 4 heteroatoms. The van der Waals surface area contributed by atoms with Crippen molar-refractivity contribution in [2.45, 2.75) is 32.7 Å². The highest BCUT2D eigenvalue weighted by Gasteiger charge is 2.29. The van der Waals surface area contributed by atoms with Crippen LogP contribution >= 0.6 is 12.4 Å². The Bertz CT molecular complexity index is 188. The molecule has 1 aliphatic heterocycles. The van der Waals surface area contributed by atoms with Gasteiger partial charge in [-0.15, -0.1) is 12.4 Å². The molecule has 0 spiro atoms. The molecule has 1 rings (SSSR count). The average Bonchev–Trinajstić information content (AvgIpc) is 2.52. The lowest BCUT2D eigenvalue weighted by molar-refractivity contribution is 0.0657. The maximum Gasteiger partial charge on any atom is 0.0525 e. The molecule has 0 amide bonds. The van der Waals surface area contributed by atoms with Crippen molar-refractivity contribution in [2.75, 3.05) is 40.4 Å². The summed E-state index contributed by atoms with van der Waals surface area (Å²) >= 11 is 0. The summed E-state index contributed by atoms with van der Waals surface area (Å²) in [6.45, 7) is 8.92. The fraction of sp³-hybridized carbons (Fsp3) is 1.00. The Balaban J connectivity index is 0.00000225. The maximum atomic E-state index is 5.27. The summed E-state index contributed by atoms with van der Waals surface area (Å²) in [7, 11) is 3.83. The molecule has 0 aromatic carbocycles. The summed E-state index contributed by atoms with van der Waals surface area (Å²) < 4.78 is 5.27. The van der Waals surface area contributed by atoms with E-state index < -0.39 is 0 Å². The van der Waals surface area contributed by atoms with Crippen molar-refractivity contribution < 1.29 is 4.74 Å². The van der Waals surface area contributed by atoms with Gasteiger partial charge in [0.15, 0.2) is 0 Å². The highest BCUT2D eigenvalue weighted by atomic mass is 35.5. The van der Waals surface area contributed by atoms with Gasteiger partial charge >= 0.3 is 0 Å². The first-order valence-corrected chi connectivity index (χ1v) is 5.96. The van der Waals surface area contributed by atoms with Crippen molar-refractivity contribution in [1.29, 1.82) is 0 Å². The van der Waals surface area contributed by atoms with Crippen LogP contribution in [0.5, 0.6) is 0 Å². The zero-order valence-electron chi connectivity index (χ0n) is 11.1. The number of hydrogen-bond donors (Lipinski definition) is 1. The smallest absolute Gasteiger partial charge is 0.0525 e. The average molecular weight is 251 g/mol. The summed E-state index contributed by atoms with van der Waals surface area (Å²) in [5, 5.41) is 3.28. The van der Waals surface area contributed by atoms with E-state index in [1.807, 2.05) is 7.05 Å². The van der Waals surface area contributed by atoms with Crippen molar-refractivity contribution in [3.63, 3.8) is 0 Å². The molecule has 3 nitrogen and oxygen atoms in total. The molecule has 0 bridgehead atoms. The monoisotopic (exact) mass is 250 g/mol. The van der Waals surface area contributed by atoms with Gasteiger partial charge in [0, 0.05) is 31.7 Å². The molecule has 0 radical (unpaired) electrons. The molecular formula is C12H27ClN2O. The number of rotatable bonds is 6. The van der Waals surface area contributed by atoms with Crippen LogP contribution < -0.4 is 5.32 Å². The Morgan fingerprint density at radius 1 is 1.44 bits per heavy atom. The van der Waals surface area contributed by atoms with E-state index in [0.717, 1.165) is 25.7 Å². The van der Waals surface area contributed by atoms with E-state index in [4.69, 9.17) is 4.74 Å². The molecule has 1 aliphatic rings. The van der Waals surface area contributed by atoms with E-state index in [0.29, 0.717) is 0 Å². The van der Waals surface area contributed by atoms with Gasteiger partial charge in [0.2, 0.25) is 0 Å². The summed E-state index contributed by atoms with van der Waals surface area (Å²) in [4.78, 5) is 2.61. The number of likely N-dealkylation sites (tertiary alicyclic amines) is 1. The Morgan fingerprint density at radius 3 is 2.69 bits per heavy atom. The first kappa shape index (κ1) is 16.2. The van der Waals surface area contributed by atoms with Crippen LogP contribution in [-0.2, 0) is 4.74 Å². The first-order chi connectivity index (χ1) is 7.09. The second-order valence-electron chi connectivity index (χ2n) is 5.42. The predicted octanol–water partition coefficient (Wildman–Crippen LogP) is 1.76. The quantitative estimate of drug-likeness (QED) is 0.778. The SMILES string of the molecule is CNCC1CCCN1CC(C)(C)COC.Cl. The highest BCUT2D eigenvalue weighted by molar-refractivity contribution is 5.85. The molecule has 0 aliphatic carbocycles. The number of methoxy groups -OCH3 is 1. The first-order valence-electron chi connectivity index (χ1n) is 5.96. The maximum absolute atomic E-state index is 5.27. The van der Waals surface area contributed by atoms with Crippen molar-refractivity contribution in [2.24, 2.45) is 5.41 Å². The van der Waals surface area contributed by atoms with E-state index in [9.17, 15) is 0 Å². The lowest BCUT2D eigenvalue weighted by Gasteiger charge is -2.33. The van der Waals surface area contributed by atoms with Crippen LogP contribution in [0.3, 0.4) is 0 Å². The van der Waals surface area contributed by atoms with Gasteiger partial charge in [0.25, 0.3) is 0 Å². The predicted molar refractivity (Wildman–Crippen MR) is 71.4 cm³/mol. The van der Waals surface area contributed by atoms with E-state index in [2.05, 4.69) is 24.1 Å². The number of ether oxygens (including phenoxy) is 1. The third-order valence-corrected chi connectivity index (χ3v) is 3.11. The minimum absolute atomic E-state index is 0. The molecule has 1 unspecified atom stereocenters. The highest BCUT2D eigenvalue weighted by Crippen LogP contribution is 2.24. The number of nitrogens with one attached hydrogen (secondary N) is 1. The van der Waals surface area contributed by atoms with Crippen LogP contribution in [0.25, 0.3) is 0 Å². The van der Waals surface area contributed by atoms with Crippen molar-refractivity contribution in [1.82, 2.24) is 10.2 Å². The molecule has 16 heavy (non-hydrogen) atoms. The van der Waals surface area contributed by atoms with E-state index in [-0.39, 0.29) is 17.8 Å². The Morgan fingerprint density at radius 2 is 2.12 bits per heavy atom. The fourth-order valence-corrected chi connectivity index (χ4v) is 2.56. The lowest BCUT2D eigenvalue weighted by Crippen LogP contribution is -2.43. The summed E-state index contributed by atoms with van der Waals surface area (Å²) in [5.74, 6) is 0. The molecule has 0 saturated carbocycles. The van der Waals surface area contributed by atoms with Crippen molar-refractivity contribution >= 4 is 12.4 Å². The molecule has 1 fully saturated rings. The van der Waals surface area contributed by atoms with Gasteiger partial charge < -0.3 is 10.1 Å². The zero-order valence-corrected chi connectivity index (χ0v) is 11.9. The van der Waals surface area contributed by atoms with E-state index in [1.54, 1.807) is 7.11 Å². The van der Waals surface area contributed by atoms with Gasteiger partial charge in [-0.25, -0.2) is 0 Å². The van der Waals surface area contributed by atoms with Crippen molar-refractivity contribution in [3.05, 3.63) is 0 Å². The van der Waals surface area contributed by atoms with Gasteiger partial charge in [-0.05, 0) is 26.4 Å². The van der Waals surface area contributed by atoms with Gasteiger partial charge in [-0.1, -0.05) is 13.8 Å². The molecule has 98 valence electrons. The molecular weight excluding hydrogens is 224 g/mol. The summed E-state index contributed by atoms with van der Waals surface area (Å²) in [5.41, 5.74) is 0.269. The Hall–Kier alpha value is 0.170. The molecule has 0 aromatic heterocycles. The fourth-order valence-electron chi connectivity index (χ4n) is 2.56. The minimum Gasteiger partial charge on any atom is -0.384 e. The van der Waals surface area contributed by atoms with Gasteiger partial charge in [0.05, 0.1) is 6.61 Å². The Labute approximate surface area is 106 Å². The number of nitrogens with zero attached hydrogens (tertiary/aromatic N) is 1. The van der Waals surface area contributed by atoms with E-state index in [1.165, 1.54) is 19.4 Å². The Kier molecular flexibility index (Phi) is 7.57. The standard InChI is InChI=1S/C12H26N2O.ClH/c1-12(2,10-15-4)9-14-7-5-6-11(14)8-13-3;/h11,13H,5-10H2,1-4H3;1H. The number of likely N-dealkylation sites (N-methyl/N-ethyl adjacent to an activating group) is 1. The molecule has 1 N–H and O–H groups in total. The van der Waals surface area contributed by atoms with Gasteiger partial charge in [0.1, 0.15) is 0 Å². The normalized spacial score (nSPS) is 22.1. The van der Waals surface area contributed by atoms with Crippen LogP contribution in [-0.4, -0.2) is 51.3 Å². The van der Waals surface area contributed by atoms with Crippen LogP contribution in [0.15, 0.2) is 0 Å². The van der Waals surface area contributed by atoms with Gasteiger partial charge in [-0.3, -0.25) is 4.90 Å². The molecule has 0 aromatic rings. The molecule has 1 atom stereocenters. The van der Waals surface area contributed by atoms with Crippen LogP contribution in [0.2, 0.25) is 0 Å². The zero-order chi connectivity index (χ0) is 11.3. The topological polar surface area (TPSA) is 24.5 Å². The third-order valence-electron chi connectivity index (χ3n) is 3.11. The minimum atomic E-state index is 0. The lowest BCUT2D eigenvalue weighted by atomic mass is 9.93. The van der Waals surface area contributed by atoms with Crippen molar-refractivity contribution in [3.8, 4) is 0 Å².